The van der Waals surface area contributed by atoms with Gasteiger partial charge in [0, 0.05) is 23.7 Å². The summed E-state index contributed by atoms with van der Waals surface area (Å²) in [5.74, 6) is -1.81. The van der Waals surface area contributed by atoms with Crippen molar-refractivity contribution >= 4 is 0 Å². The number of H-pyrrole nitrogens is 1. The predicted molar refractivity (Wildman–Crippen MR) is 80.5 cm³/mol. The molecule has 2 aromatic heterocycles. The normalized spacial score (nSPS) is 11.7. The zero-order valence-electron chi connectivity index (χ0n) is 12.7. The summed E-state index contributed by atoms with van der Waals surface area (Å²) >= 11 is 0. The Bertz CT molecular complexity index is 947. The summed E-state index contributed by atoms with van der Waals surface area (Å²) in [7, 11) is 0. The highest BCUT2D eigenvalue weighted by molar-refractivity contribution is 5.59. The number of benzene rings is 1. The number of hydrogen-bond acceptors (Lipinski definition) is 5. The second-order valence-electron chi connectivity index (χ2n) is 5.22. The van der Waals surface area contributed by atoms with E-state index in [-0.39, 0.29) is 30.0 Å². The quantitative estimate of drug-likeness (QED) is 0.754. The number of nitrogens with zero attached hydrogens (tertiary/aromatic N) is 2. The fourth-order valence-corrected chi connectivity index (χ4v) is 2.42. The Labute approximate surface area is 138 Å². The molecule has 2 N–H and O–H groups in total. The Morgan fingerprint density at radius 2 is 1.88 bits per heavy atom. The maximum Gasteiger partial charge on any atom is 0.471 e. The minimum Gasteiger partial charge on any atom is -0.392 e. The lowest BCUT2D eigenvalue weighted by atomic mass is 9.97. The molecule has 0 unspecified atom stereocenters. The molecule has 0 radical (unpaired) electrons. The smallest absolute Gasteiger partial charge is 0.392 e. The Hall–Kier alpha value is -2.94. The molecular formula is C16H12F3N3O3. The lowest BCUT2D eigenvalue weighted by Gasteiger charge is -2.09. The molecule has 0 amide bonds. The number of alkyl halides is 3. The number of nitrogens with one attached hydrogen (secondary N) is 1. The zero-order valence-corrected chi connectivity index (χ0v) is 12.7. The molecule has 0 bridgehead atoms. The summed E-state index contributed by atoms with van der Waals surface area (Å²) in [4.78, 5) is 18.0. The Balaban J connectivity index is 2.07. The van der Waals surface area contributed by atoms with E-state index in [9.17, 15) is 23.1 Å². The number of aromatic nitrogens is 3. The molecule has 130 valence electrons. The Morgan fingerprint density at radius 1 is 1.16 bits per heavy atom. The Kier molecular flexibility index (Phi) is 4.41. The van der Waals surface area contributed by atoms with Crippen LogP contribution in [-0.4, -0.2) is 20.2 Å². The van der Waals surface area contributed by atoms with E-state index in [4.69, 9.17) is 0 Å². The van der Waals surface area contributed by atoms with Crippen molar-refractivity contribution in [3.8, 4) is 11.4 Å². The van der Waals surface area contributed by atoms with Crippen LogP contribution in [-0.2, 0) is 19.2 Å². The predicted octanol–water partition coefficient (Wildman–Crippen LogP) is 2.53. The third-order valence-electron chi connectivity index (χ3n) is 3.63. The zero-order chi connectivity index (χ0) is 18.0. The summed E-state index contributed by atoms with van der Waals surface area (Å²) in [5, 5.41) is 12.7. The number of hydrogen-bond donors (Lipinski definition) is 2. The van der Waals surface area contributed by atoms with E-state index in [2.05, 4.69) is 19.6 Å². The van der Waals surface area contributed by atoms with Gasteiger partial charge >= 0.3 is 12.1 Å². The molecule has 25 heavy (non-hydrogen) atoms. The van der Waals surface area contributed by atoms with Crippen LogP contribution in [0.25, 0.3) is 11.4 Å². The Morgan fingerprint density at radius 3 is 2.52 bits per heavy atom. The molecule has 3 rings (SSSR count). The van der Waals surface area contributed by atoms with Crippen LogP contribution in [0.2, 0.25) is 0 Å². The summed E-state index contributed by atoms with van der Waals surface area (Å²) in [6.45, 7) is -0.226. The van der Waals surface area contributed by atoms with Crippen molar-refractivity contribution in [2.45, 2.75) is 19.2 Å². The first-order chi connectivity index (χ1) is 11.9. The van der Waals surface area contributed by atoms with E-state index >= 15 is 0 Å². The van der Waals surface area contributed by atoms with Gasteiger partial charge in [0.1, 0.15) is 0 Å². The number of aromatic amines is 1. The molecule has 0 spiro atoms. The number of aliphatic hydroxyl groups excluding tert-OH is 1. The van der Waals surface area contributed by atoms with Gasteiger partial charge in [-0.3, -0.25) is 4.79 Å². The highest BCUT2D eigenvalue weighted by Crippen LogP contribution is 2.30. The molecule has 0 aliphatic carbocycles. The third kappa shape index (κ3) is 3.45. The van der Waals surface area contributed by atoms with Gasteiger partial charge in [-0.2, -0.15) is 18.2 Å². The van der Waals surface area contributed by atoms with Crippen molar-refractivity contribution in [1.82, 2.24) is 15.1 Å². The van der Waals surface area contributed by atoms with Crippen molar-refractivity contribution in [1.29, 1.82) is 0 Å². The van der Waals surface area contributed by atoms with Crippen LogP contribution >= 0.6 is 0 Å². The molecule has 0 saturated carbocycles. The third-order valence-corrected chi connectivity index (χ3v) is 3.63. The molecular weight excluding hydrogens is 339 g/mol. The van der Waals surface area contributed by atoms with E-state index in [1.54, 1.807) is 24.3 Å². The largest absolute Gasteiger partial charge is 0.471 e. The van der Waals surface area contributed by atoms with Gasteiger partial charge in [0.25, 0.3) is 5.56 Å². The van der Waals surface area contributed by atoms with Crippen molar-refractivity contribution < 1.29 is 22.8 Å². The maximum absolute atomic E-state index is 12.7. The fourth-order valence-electron chi connectivity index (χ4n) is 2.42. The average molecular weight is 351 g/mol. The summed E-state index contributed by atoms with van der Waals surface area (Å²) in [5.41, 5.74) is 1.11. The second-order valence-corrected chi connectivity index (χ2v) is 5.22. The standard InChI is InChI=1S/C16H12F3N3O3/c17-16(18,19)15-21-13(22-25-15)11-5-6-20-14(24)12(11)7-9-3-1-2-4-10(9)8-23/h1-6,23H,7-8H2,(H,20,24). The highest BCUT2D eigenvalue weighted by Gasteiger charge is 2.38. The first-order valence-corrected chi connectivity index (χ1v) is 7.19. The minimum atomic E-state index is -4.77. The first-order valence-electron chi connectivity index (χ1n) is 7.19. The van der Waals surface area contributed by atoms with E-state index in [0.717, 1.165) is 0 Å². The number of aliphatic hydroxyl groups is 1. The number of rotatable bonds is 4. The average Bonchev–Trinajstić information content (AvgIpc) is 3.07. The van der Waals surface area contributed by atoms with Crippen molar-refractivity contribution in [3.63, 3.8) is 0 Å². The lowest BCUT2D eigenvalue weighted by molar-refractivity contribution is -0.159. The van der Waals surface area contributed by atoms with Gasteiger partial charge in [0.2, 0.25) is 5.82 Å². The van der Waals surface area contributed by atoms with Crippen LogP contribution in [0.5, 0.6) is 0 Å². The van der Waals surface area contributed by atoms with Gasteiger partial charge in [-0.05, 0) is 17.2 Å². The van der Waals surface area contributed by atoms with Crippen LogP contribution in [0.15, 0.2) is 45.8 Å². The summed E-state index contributed by atoms with van der Waals surface area (Å²) < 4.78 is 42.2. The van der Waals surface area contributed by atoms with Gasteiger partial charge in [0.15, 0.2) is 0 Å². The van der Waals surface area contributed by atoms with E-state index in [1.807, 2.05) is 0 Å². The SMILES string of the molecule is O=c1[nH]ccc(-c2noc(C(F)(F)F)n2)c1Cc1ccccc1CO. The van der Waals surface area contributed by atoms with Crippen molar-refractivity contribution in [2.75, 3.05) is 0 Å². The van der Waals surface area contributed by atoms with Crippen LogP contribution in [0.3, 0.4) is 0 Å². The van der Waals surface area contributed by atoms with Crippen molar-refractivity contribution in [2.24, 2.45) is 0 Å². The van der Waals surface area contributed by atoms with Gasteiger partial charge in [-0.25, -0.2) is 0 Å². The monoisotopic (exact) mass is 351 g/mol. The second kappa shape index (κ2) is 6.52. The molecule has 2 heterocycles. The number of halogens is 3. The summed E-state index contributed by atoms with van der Waals surface area (Å²) in [6.07, 6.45) is -3.38. The molecule has 6 nitrogen and oxygen atoms in total. The van der Waals surface area contributed by atoms with Crippen LogP contribution in [0.4, 0.5) is 13.2 Å². The molecule has 0 fully saturated rings. The molecule has 0 saturated heterocycles. The minimum absolute atomic E-state index is 0.0954. The van der Waals surface area contributed by atoms with Gasteiger partial charge in [-0.15, -0.1) is 0 Å². The van der Waals surface area contributed by atoms with Gasteiger partial charge < -0.3 is 14.6 Å². The summed E-state index contributed by atoms with van der Waals surface area (Å²) in [6, 6.07) is 8.30. The fraction of sp³-hybridized carbons (Fsp3) is 0.188. The molecule has 3 aromatic rings. The molecule has 0 aliphatic heterocycles. The molecule has 1 aromatic carbocycles. The van der Waals surface area contributed by atoms with Crippen LogP contribution in [0, 0.1) is 0 Å². The number of pyridine rings is 1. The highest BCUT2D eigenvalue weighted by atomic mass is 19.4. The lowest BCUT2D eigenvalue weighted by Crippen LogP contribution is -2.15. The molecule has 9 heteroatoms. The van der Waals surface area contributed by atoms with Crippen molar-refractivity contribution in [3.05, 3.63) is 69.5 Å². The maximum atomic E-state index is 12.7. The van der Waals surface area contributed by atoms with Crippen LogP contribution in [0.1, 0.15) is 22.6 Å². The van der Waals surface area contributed by atoms with Gasteiger partial charge in [-0.1, -0.05) is 29.4 Å². The first kappa shape index (κ1) is 16.9. The van der Waals surface area contributed by atoms with E-state index in [1.165, 1.54) is 12.3 Å². The van der Waals surface area contributed by atoms with E-state index < -0.39 is 17.6 Å². The van der Waals surface area contributed by atoms with E-state index in [0.29, 0.717) is 11.1 Å². The van der Waals surface area contributed by atoms with Gasteiger partial charge in [0.05, 0.1) is 6.61 Å². The topological polar surface area (TPSA) is 92.0 Å². The molecule has 0 aliphatic rings. The van der Waals surface area contributed by atoms with Crippen LogP contribution < -0.4 is 5.56 Å². The molecule has 0 atom stereocenters.